The van der Waals surface area contributed by atoms with Gasteiger partial charge in [-0.3, -0.25) is 9.48 Å². The Labute approximate surface area is 129 Å². The number of hydrogen-bond acceptors (Lipinski definition) is 4. The predicted molar refractivity (Wildman–Crippen MR) is 44.8 cm³/mol. The van der Waals surface area contributed by atoms with E-state index < -0.39 is 17.9 Å². The first-order chi connectivity index (χ1) is 6.59. The summed E-state index contributed by atoms with van der Waals surface area (Å²) in [6.07, 6.45) is 3.14. The van der Waals surface area contributed by atoms with Gasteiger partial charge in [0.15, 0.2) is 0 Å². The molecule has 0 saturated heterocycles. The Bertz CT molecular complexity index is 326. The Morgan fingerprint density at radius 1 is 1.60 bits per heavy atom. The molecule has 1 aromatic rings. The number of carbonyl (C=O) groups is 2. The number of aliphatic carboxylic acids is 1. The van der Waals surface area contributed by atoms with Gasteiger partial charge in [0.2, 0.25) is 5.91 Å². The molecule has 1 aromatic heterocycles. The normalized spacial score (nSPS) is 11.3. The first-order valence-corrected chi connectivity index (χ1v) is 4.05. The third kappa shape index (κ3) is 5.43. The maximum atomic E-state index is 10.7. The van der Waals surface area contributed by atoms with Crippen molar-refractivity contribution in [3.63, 3.8) is 0 Å². The van der Waals surface area contributed by atoms with Crippen LogP contribution in [0.2, 0.25) is 0 Å². The quantitative estimate of drug-likeness (QED) is 0.530. The van der Waals surface area contributed by atoms with Crippen molar-refractivity contribution in [3.05, 3.63) is 18.5 Å². The molecule has 1 N–H and O–H groups in total. The van der Waals surface area contributed by atoms with E-state index in [2.05, 4.69) is 10.4 Å². The van der Waals surface area contributed by atoms with Crippen LogP contribution in [0.1, 0.15) is 6.92 Å². The van der Waals surface area contributed by atoms with Crippen LogP contribution in [0, 0.1) is 0 Å². The second-order valence-electron chi connectivity index (χ2n) is 2.80. The molecule has 15 heavy (non-hydrogen) atoms. The number of amides is 1. The third-order valence-electron chi connectivity index (χ3n) is 1.59. The molecule has 1 heterocycles. The summed E-state index contributed by atoms with van der Waals surface area (Å²) in [5, 5.41) is 16.7. The first kappa shape index (κ1) is 14.8. The van der Waals surface area contributed by atoms with Crippen LogP contribution in [0.25, 0.3) is 0 Å². The summed E-state index contributed by atoms with van der Waals surface area (Å²) < 4.78 is 1.41. The standard InChI is InChI=1S/C8H11N3O3.K/c1-6(12)10-7(8(13)14)5-11-4-2-3-9-11;/h2-4,7H,5H2,1H3,(H,10,12)(H,13,14);/q;+1/p-1. The minimum absolute atomic E-state index is 0. The third-order valence-corrected chi connectivity index (χ3v) is 1.59. The number of nitrogens with zero attached hydrogens (tertiary/aromatic N) is 2. The van der Waals surface area contributed by atoms with Gasteiger partial charge >= 0.3 is 51.4 Å². The molecule has 1 unspecified atom stereocenters. The summed E-state index contributed by atoms with van der Waals surface area (Å²) >= 11 is 0. The summed E-state index contributed by atoms with van der Waals surface area (Å²) in [5.74, 6) is -1.73. The molecular formula is C8H10KN3O3. The van der Waals surface area contributed by atoms with Gasteiger partial charge in [0.05, 0.1) is 18.6 Å². The van der Waals surface area contributed by atoms with Gasteiger partial charge < -0.3 is 15.2 Å². The van der Waals surface area contributed by atoms with Crippen molar-refractivity contribution in [2.75, 3.05) is 0 Å². The molecule has 0 aliphatic rings. The van der Waals surface area contributed by atoms with Gasteiger partial charge in [0.25, 0.3) is 0 Å². The minimum Gasteiger partial charge on any atom is -0.548 e. The van der Waals surface area contributed by atoms with E-state index in [0.29, 0.717) is 0 Å². The van der Waals surface area contributed by atoms with Crippen LogP contribution in [0.3, 0.4) is 0 Å². The van der Waals surface area contributed by atoms with Gasteiger partial charge in [0, 0.05) is 19.3 Å². The monoisotopic (exact) mass is 235 g/mol. The summed E-state index contributed by atoms with van der Waals surface area (Å²) in [6, 6.07) is 0.618. The summed E-state index contributed by atoms with van der Waals surface area (Å²) in [6.45, 7) is 1.31. The molecular weight excluding hydrogens is 225 g/mol. The summed E-state index contributed by atoms with van der Waals surface area (Å²) in [5.41, 5.74) is 0. The van der Waals surface area contributed by atoms with Crippen molar-refractivity contribution in [1.29, 1.82) is 0 Å². The molecule has 0 bridgehead atoms. The number of carbonyl (C=O) groups excluding carboxylic acids is 2. The fourth-order valence-electron chi connectivity index (χ4n) is 1.02. The number of carboxylic acids is 1. The molecule has 0 aliphatic heterocycles. The van der Waals surface area contributed by atoms with Crippen molar-refractivity contribution in [2.45, 2.75) is 19.5 Å². The van der Waals surface area contributed by atoms with Crippen LogP contribution in [0.15, 0.2) is 18.5 Å². The number of aromatic nitrogens is 2. The van der Waals surface area contributed by atoms with Crippen LogP contribution in [0.5, 0.6) is 0 Å². The zero-order chi connectivity index (χ0) is 10.6. The van der Waals surface area contributed by atoms with Crippen molar-refractivity contribution in [3.8, 4) is 0 Å². The fraction of sp³-hybridized carbons (Fsp3) is 0.375. The Morgan fingerprint density at radius 3 is 2.67 bits per heavy atom. The predicted octanol–water partition coefficient (Wildman–Crippen LogP) is -4.86. The van der Waals surface area contributed by atoms with E-state index in [-0.39, 0.29) is 57.9 Å². The summed E-state index contributed by atoms with van der Waals surface area (Å²) in [7, 11) is 0. The maximum absolute atomic E-state index is 10.7. The Balaban J connectivity index is 0.00000196. The molecule has 0 fully saturated rings. The number of hydrogen-bond donors (Lipinski definition) is 1. The van der Waals surface area contributed by atoms with Crippen LogP contribution >= 0.6 is 0 Å². The second-order valence-corrected chi connectivity index (χ2v) is 2.80. The zero-order valence-electron chi connectivity index (χ0n) is 8.64. The van der Waals surface area contributed by atoms with E-state index in [4.69, 9.17) is 0 Å². The smallest absolute Gasteiger partial charge is 0.548 e. The molecule has 0 spiro atoms. The zero-order valence-corrected chi connectivity index (χ0v) is 11.8. The van der Waals surface area contributed by atoms with E-state index >= 15 is 0 Å². The molecule has 0 aliphatic carbocycles. The number of rotatable bonds is 4. The van der Waals surface area contributed by atoms with E-state index in [1.54, 1.807) is 12.3 Å². The van der Waals surface area contributed by atoms with Crippen molar-refractivity contribution < 1.29 is 66.1 Å². The van der Waals surface area contributed by atoms with Crippen molar-refractivity contribution in [2.24, 2.45) is 0 Å². The van der Waals surface area contributed by atoms with Gasteiger partial charge in [-0.1, -0.05) is 0 Å². The Morgan fingerprint density at radius 2 is 2.27 bits per heavy atom. The average Bonchev–Trinajstić information content (AvgIpc) is 2.54. The van der Waals surface area contributed by atoms with E-state index in [0.717, 1.165) is 0 Å². The van der Waals surface area contributed by atoms with Crippen molar-refractivity contribution >= 4 is 11.9 Å². The molecule has 76 valence electrons. The van der Waals surface area contributed by atoms with Crippen LogP contribution < -0.4 is 61.8 Å². The SMILES string of the molecule is CC(=O)NC(Cn1cccn1)C(=O)[O-].[K+]. The van der Waals surface area contributed by atoms with Crippen LogP contribution in [-0.4, -0.2) is 27.7 Å². The maximum Gasteiger partial charge on any atom is 1.00 e. The van der Waals surface area contributed by atoms with Gasteiger partial charge in [-0.15, -0.1) is 0 Å². The topological polar surface area (TPSA) is 87.0 Å². The number of nitrogens with one attached hydrogen (secondary N) is 1. The van der Waals surface area contributed by atoms with Crippen molar-refractivity contribution in [1.82, 2.24) is 15.1 Å². The largest absolute Gasteiger partial charge is 1.00 e. The second kappa shape index (κ2) is 7.12. The van der Waals surface area contributed by atoms with E-state index in [9.17, 15) is 14.7 Å². The Kier molecular flexibility index (Phi) is 7.02. The molecule has 7 heteroatoms. The van der Waals surface area contributed by atoms with Gasteiger partial charge in [-0.05, 0) is 6.07 Å². The molecule has 1 amide bonds. The Hall–Kier alpha value is -0.214. The molecule has 1 atom stereocenters. The van der Waals surface area contributed by atoms with E-state index in [1.165, 1.54) is 17.8 Å². The summed E-state index contributed by atoms with van der Waals surface area (Å²) in [4.78, 5) is 21.2. The molecule has 0 saturated carbocycles. The molecule has 6 nitrogen and oxygen atoms in total. The van der Waals surface area contributed by atoms with Crippen LogP contribution in [-0.2, 0) is 16.1 Å². The fourth-order valence-corrected chi connectivity index (χ4v) is 1.02. The minimum atomic E-state index is -1.32. The van der Waals surface area contributed by atoms with Gasteiger partial charge in [0.1, 0.15) is 0 Å². The van der Waals surface area contributed by atoms with Crippen LogP contribution in [0.4, 0.5) is 0 Å². The van der Waals surface area contributed by atoms with Gasteiger partial charge in [-0.2, -0.15) is 5.10 Å². The van der Waals surface area contributed by atoms with E-state index in [1.807, 2.05) is 0 Å². The average molecular weight is 235 g/mol. The number of carboxylic acid groups (broad SMARTS) is 1. The van der Waals surface area contributed by atoms with Gasteiger partial charge in [-0.25, -0.2) is 0 Å². The molecule has 0 radical (unpaired) electrons. The first-order valence-electron chi connectivity index (χ1n) is 4.05. The molecule has 0 aromatic carbocycles. The molecule has 1 rings (SSSR count).